The minimum absolute atomic E-state index is 0.115. The molecule has 0 saturated carbocycles. The summed E-state index contributed by atoms with van der Waals surface area (Å²) in [5, 5.41) is 14.4. The molecular weight excluding hydrogens is 332 g/mol. The number of nitrogens with one attached hydrogen (secondary N) is 1. The highest BCUT2D eigenvalue weighted by molar-refractivity contribution is 9.10. The molecule has 0 radical (unpaired) electrons. The van der Waals surface area contributed by atoms with E-state index in [1.54, 1.807) is 12.1 Å². The summed E-state index contributed by atoms with van der Waals surface area (Å²) in [5.74, 6) is 0. The Morgan fingerprint density at radius 2 is 1.86 bits per heavy atom. The molecule has 2 aromatic carbocycles. The number of fused-ring (bicyclic) bond motifs is 1. The van der Waals surface area contributed by atoms with Gasteiger partial charge in [0.2, 0.25) is 0 Å². The van der Waals surface area contributed by atoms with E-state index in [9.17, 15) is 10.1 Å². The number of hydrogen-bond donors (Lipinski definition) is 1. The monoisotopic (exact) mass is 346 g/mol. The third kappa shape index (κ3) is 3.14. The Labute approximate surface area is 131 Å². The van der Waals surface area contributed by atoms with Crippen LogP contribution in [0, 0.1) is 10.1 Å². The van der Waals surface area contributed by atoms with Crippen LogP contribution in [0.3, 0.4) is 0 Å². The first kappa shape index (κ1) is 14.2. The molecule has 0 aromatic heterocycles. The SMILES string of the molecule is O=[N+]([O-])c1cc(CNC2Cc3ccccc3C2)ccc1Br. The fourth-order valence-corrected chi connectivity index (χ4v) is 3.16. The molecule has 21 heavy (non-hydrogen) atoms. The topological polar surface area (TPSA) is 55.2 Å². The average molecular weight is 347 g/mol. The fraction of sp³-hybridized carbons (Fsp3) is 0.250. The van der Waals surface area contributed by atoms with Gasteiger partial charge in [0.15, 0.2) is 0 Å². The van der Waals surface area contributed by atoms with Crippen molar-refractivity contribution in [2.24, 2.45) is 0 Å². The third-order valence-electron chi connectivity index (χ3n) is 3.85. The maximum Gasteiger partial charge on any atom is 0.283 e. The highest BCUT2D eigenvalue weighted by Gasteiger charge is 2.20. The van der Waals surface area contributed by atoms with Crippen molar-refractivity contribution >= 4 is 21.6 Å². The Kier molecular flexibility index (Phi) is 4.03. The predicted molar refractivity (Wildman–Crippen MR) is 85.3 cm³/mol. The van der Waals surface area contributed by atoms with Crippen molar-refractivity contribution in [3.8, 4) is 0 Å². The Bertz CT molecular complexity index is 663. The van der Waals surface area contributed by atoms with E-state index in [2.05, 4.69) is 45.5 Å². The molecule has 108 valence electrons. The van der Waals surface area contributed by atoms with Gasteiger partial charge in [-0.05, 0) is 51.5 Å². The normalized spacial score (nSPS) is 14.1. The summed E-state index contributed by atoms with van der Waals surface area (Å²) in [4.78, 5) is 10.6. The van der Waals surface area contributed by atoms with Gasteiger partial charge in [-0.15, -0.1) is 0 Å². The largest absolute Gasteiger partial charge is 0.309 e. The molecule has 1 N–H and O–H groups in total. The summed E-state index contributed by atoms with van der Waals surface area (Å²) in [6.45, 7) is 0.646. The molecular formula is C16H15BrN2O2. The number of rotatable bonds is 4. The summed E-state index contributed by atoms with van der Waals surface area (Å²) >= 11 is 3.21. The second-order valence-electron chi connectivity index (χ2n) is 5.30. The lowest BCUT2D eigenvalue weighted by Crippen LogP contribution is -2.28. The first-order valence-electron chi connectivity index (χ1n) is 6.86. The average Bonchev–Trinajstić information content (AvgIpc) is 2.89. The van der Waals surface area contributed by atoms with E-state index >= 15 is 0 Å². The van der Waals surface area contributed by atoms with Crippen LogP contribution in [0.15, 0.2) is 46.9 Å². The van der Waals surface area contributed by atoms with Crippen LogP contribution in [-0.2, 0) is 19.4 Å². The van der Waals surface area contributed by atoms with E-state index in [0.717, 1.165) is 18.4 Å². The van der Waals surface area contributed by atoms with Gasteiger partial charge in [-0.25, -0.2) is 0 Å². The smallest absolute Gasteiger partial charge is 0.283 e. The zero-order valence-electron chi connectivity index (χ0n) is 11.4. The molecule has 2 aromatic rings. The van der Waals surface area contributed by atoms with Gasteiger partial charge in [0.25, 0.3) is 5.69 Å². The van der Waals surface area contributed by atoms with Crippen molar-refractivity contribution in [3.63, 3.8) is 0 Å². The molecule has 4 nitrogen and oxygen atoms in total. The first-order chi connectivity index (χ1) is 10.1. The van der Waals surface area contributed by atoms with Crippen molar-refractivity contribution in [3.05, 3.63) is 73.7 Å². The quantitative estimate of drug-likeness (QED) is 0.679. The first-order valence-corrected chi connectivity index (χ1v) is 7.66. The van der Waals surface area contributed by atoms with E-state index in [1.807, 2.05) is 6.07 Å². The molecule has 0 fully saturated rings. The standard InChI is InChI=1S/C16H15BrN2O2/c17-15-6-5-11(7-16(15)19(20)21)10-18-14-8-12-3-1-2-4-13(12)9-14/h1-7,14,18H,8-10H2. The maximum atomic E-state index is 10.9. The lowest BCUT2D eigenvalue weighted by molar-refractivity contribution is -0.385. The van der Waals surface area contributed by atoms with Gasteiger partial charge < -0.3 is 5.32 Å². The zero-order chi connectivity index (χ0) is 14.8. The van der Waals surface area contributed by atoms with Crippen LogP contribution >= 0.6 is 15.9 Å². The second-order valence-corrected chi connectivity index (χ2v) is 6.15. The van der Waals surface area contributed by atoms with Crippen LogP contribution in [0.25, 0.3) is 0 Å². The molecule has 5 heteroatoms. The van der Waals surface area contributed by atoms with Gasteiger partial charge in [0.1, 0.15) is 0 Å². The number of hydrogen-bond acceptors (Lipinski definition) is 3. The lowest BCUT2D eigenvalue weighted by Gasteiger charge is -2.12. The molecule has 1 aliphatic carbocycles. The Hall–Kier alpha value is -1.72. The van der Waals surface area contributed by atoms with Crippen LogP contribution in [0.4, 0.5) is 5.69 Å². The van der Waals surface area contributed by atoms with Gasteiger partial charge in [-0.2, -0.15) is 0 Å². The van der Waals surface area contributed by atoms with E-state index in [1.165, 1.54) is 11.1 Å². The lowest BCUT2D eigenvalue weighted by atomic mass is 10.1. The number of benzene rings is 2. The summed E-state index contributed by atoms with van der Waals surface area (Å²) < 4.78 is 0.518. The molecule has 0 saturated heterocycles. The minimum atomic E-state index is -0.362. The minimum Gasteiger partial charge on any atom is -0.309 e. The highest BCUT2D eigenvalue weighted by Crippen LogP contribution is 2.26. The van der Waals surface area contributed by atoms with Gasteiger partial charge in [0, 0.05) is 18.7 Å². The summed E-state index contributed by atoms with van der Waals surface area (Å²) in [7, 11) is 0. The van der Waals surface area contributed by atoms with Crippen LogP contribution in [0.5, 0.6) is 0 Å². The van der Waals surface area contributed by atoms with Gasteiger partial charge >= 0.3 is 0 Å². The van der Waals surface area contributed by atoms with E-state index in [0.29, 0.717) is 17.1 Å². The number of nitro benzene ring substituents is 1. The molecule has 0 bridgehead atoms. The van der Waals surface area contributed by atoms with Crippen LogP contribution in [0.2, 0.25) is 0 Å². The van der Waals surface area contributed by atoms with Crippen molar-refractivity contribution in [2.45, 2.75) is 25.4 Å². The second kappa shape index (κ2) is 5.95. The highest BCUT2D eigenvalue weighted by atomic mass is 79.9. The summed E-state index contributed by atoms with van der Waals surface area (Å²) in [6, 6.07) is 14.1. The molecule has 0 atom stereocenters. The third-order valence-corrected chi connectivity index (χ3v) is 4.52. The molecule has 0 amide bonds. The summed E-state index contributed by atoms with van der Waals surface area (Å²) in [6.07, 6.45) is 2.05. The Balaban J connectivity index is 1.64. The number of nitro groups is 1. The van der Waals surface area contributed by atoms with Gasteiger partial charge in [-0.3, -0.25) is 10.1 Å². The number of halogens is 1. The molecule has 0 spiro atoms. The van der Waals surface area contributed by atoms with Gasteiger partial charge in [-0.1, -0.05) is 30.3 Å². The predicted octanol–water partition coefficient (Wildman–Crippen LogP) is 3.61. The molecule has 0 unspecified atom stereocenters. The zero-order valence-corrected chi connectivity index (χ0v) is 13.0. The Morgan fingerprint density at radius 3 is 2.48 bits per heavy atom. The van der Waals surface area contributed by atoms with E-state index < -0.39 is 0 Å². The van der Waals surface area contributed by atoms with Crippen molar-refractivity contribution in [1.29, 1.82) is 0 Å². The maximum absolute atomic E-state index is 10.9. The number of nitrogens with zero attached hydrogens (tertiary/aromatic N) is 1. The van der Waals surface area contributed by atoms with Gasteiger partial charge in [0.05, 0.1) is 9.40 Å². The van der Waals surface area contributed by atoms with Crippen LogP contribution in [0.1, 0.15) is 16.7 Å². The van der Waals surface area contributed by atoms with Crippen molar-refractivity contribution in [1.82, 2.24) is 5.32 Å². The van der Waals surface area contributed by atoms with Crippen molar-refractivity contribution in [2.75, 3.05) is 0 Å². The van der Waals surface area contributed by atoms with Crippen LogP contribution < -0.4 is 5.32 Å². The van der Waals surface area contributed by atoms with E-state index in [4.69, 9.17) is 0 Å². The molecule has 0 heterocycles. The fourth-order valence-electron chi connectivity index (χ4n) is 2.77. The summed E-state index contributed by atoms with van der Waals surface area (Å²) in [5.41, 5.74) is 3.85. The Morgan fingerprint density at radius 1 is 1.19 bits per heavy atom. The molecule has 0 aliphatic heterocycles. The van der Waals surface area contributed by atoms with E-state index in [-0.39, 0.29) is 10.6 Å². The molecule has 3 rings (SSSR count). The van der Waals surface area contributed by atoms with Crippen molar-refractivity contribution < 1.29 is 4.92 Å². The molecule has 1 aliphatic rings. The van der Waals surface area contributed by atoms with Crippen LogP contribution in [-0.4, -0.2) is 11.0 Å².